The van der Waals surface area contributed by atoms with Gasteiger partial charge in [0, 0.05) is 7.11 Å². The lowest BCUT2D eigenvalue weighted by atomic mass is 10.4. The fourth-order valence-corrected chi connectivity index (χ4v) is 1.21. The van der Waals surface area contributed by atoms with E-state index >= 15 is 0 Å². The Kier molecular flexibility index (Phi) is 4.45. The Morgan fingerprint density at radius 1 is 1.71 bits per heavy atom. The van der Waals surface area contributed by atoms with E-state index in [1.807, 2.05) is 0 Å². The summed E-state index contributed by atoms with van der Waals surface area (Å²) in [7, 11) is 1.65. The second kappa shape index (κ2) is 4.34. The second-order valence-electron chi connectivity index (χ2n) is 1.97. The Bertz CT molecular complexity index is 39.1. The highest BCUT2D eigenvalue weighted by Gasteiger charge is 1.95. The van der Waals surface area contributed by atoms with Crippen molar-refractivity contribution in [2.75, 3.05) is 7.11 Å². The summed E-state index contributed by atoms with van der Waals surface area (Å²) in [4.78, 5) is 0. The number of hydrogen-bond donors (Lipinski definition) is 0. The van der Waals surface area contributed by atoms with E-state index in [-0.39, 0.29) is 9.76 Å². The monoisotopic (exact) mass is 118 g/mol. The van der Waals surface area contributed by atoms with Crippen LogP contribution in [0.25, 0.3) is 0 Å². The first-order chi connectivity index (χ1) is 3.31. The molecule has 0 aliphatic heterocycles. The van der Waals surface area contributed by atoms with Crippen molar-refractivity contribution in [1.82, 2.24) is 0 Å². The molecule has 0 spiro atoms. The van der Waals surface area contributed by atoms with Crippen molar-refractivity contribution >= 4 is 9.76 Å². The molecule has 0 fully saturated rings. The summed E-state index contributed by atoms with van der Waals surface area (Å²) in [5, 5.41) is 0. The quantitative estimate of drug-likeness (QED) is 0.501. The molecule has 0 N–H and O–H groups in total. The van der Waals surface area contributed by atoms with E-state index in [1.54, 1.807) is 7.11 Å². The Balaban J connectivity index is 2.83. The van der Waals surface area contributed by atoms with Gasteiger partial charge < -0.3 is 4.43 Å². The molecule has 0 radical (unpaired) electrons. The highest BCUT2D eigenvalue weighted by Crippen LogP contribution is 2.04. The topological polar surface area (TPSA) is 9.23 Å². The standard InChI is InChI=1S/C5H14OSi/c1-4-5(2)7-6-3/h5H,4,7H2,1-3H3. The average Bonchev–Trinajstić information content (AvgIpc) is 1.68. The smallest absolute Gasteiger partial charge is 0.163 e. The van der Waals surface area contributed by atoms with Gasteiger partial charge in [-0.3, -0.25) is 0 Å². The van der Waals surface area contributed by atoms with E-state index in [0.717, 1.165) is 5.54 Å². The van der Waals surface area contributed by atoms with E-state index in [9.17, 15) is 0 Å². The first-order valence-electron chi connectivity index (χ1n) is 2.80. The van der Waals surface area contributed by atoms with Gasteiger partial charge in [0.15, 0.2) is 9.76 Å². The molecule has 1 nitrogen and oxygen atoms in total. The Labute approximate surface area is 48.0 Å². The van der Waals surface area contributed by atoms with Crippen LogP contribution in [0.1, 0.15) is 20.3 Å². The van der Waals surface area contributed by atoms with Crippen molar-refractivity contribution in [2.45, 2.75) is 25.8 Å². The lowest BCUT2D eigenvalue weighted by Gasteiger charge is -2.02. The van der Waals surface area contributed by atoms with Crippen LogP contribution in [0.15, 0.2) is 0 Å². The van der Waals surface area contributed by atoms with Gasteiger partial charge in [-0.2, -0.15) is 0 Å². The predicted molar refractivity (Wildman–Crippen MR) is 35.3 cm³/mol. The average molecular weight is 118 g/mol. The molecule has 0 heterocycles. The molecule has 0 aromatic heterocycles. The molecule has 0 aromatic rings. The minimum Gasteiger partial charge on any atom is -0.427 e. The third kappa shape index (κ3) is 4.02. The van der Waals surface area contributed by atoms with E-state index in [4.69, 9.17) is 4.43 Å². The van der Waals surface area contributed by atoms with Gasteiger partial charge >= 0.3 is 0 Å². The van der Waals surface area contributed by atoms with Crippen molar-refractivity contribution in [3.8, 4) is 0 Å². The maximum absolute atomic E-state index is 5.03. The van der Waals surface area contributed by atoms with Gasteiger partial charge in [0.05, 0.1) is 0 Å². The molecule has 0 saturated carbocycles. The molecule has 7 heavy (non-hydrogen) atoms. The van der Waals surface area contributed by atoms with Crippen LogP contribution < -0.4 is 0 Å². The van der Waals surface area contributed by atoms with Gasteiger partial charge in [0.2, 0.25) is 0 Å². The molecule has 0 aromatic carbocycles. The van der Waals surface area contributed by atoms with Gasteiger partial charge in [0.25, 0.3) is 0 Å². The maximum atomic E-state index is 5.03. The molecule has 0 rings (SSSR count). The van der Waals surface area contributed by atoms with Gasteiger partial charge in [-0.05, 0) is 5.54 Å². The lowest BCUT2D eigenvalue weighted by molar-refractivity contribution is 0.430. The molecule has 1 atom stereocenters. The molecule has 0 aliphatic rings. The minimum atomic E-state index is -0.154. The van der Waals surface area contributed by atoms with Gasteiger partial charge in [0.1, 0.15) is 0 Å². The Morgan fingerprint density at radius 3 is 2.43 bits per heavy atom. The van der Waals surface area contributed by atoms with Crippen molar-refractivity contribution in [3.05, 3.63) is 0 Å². The maximum Gasteiger partial charge on any atom is 0.163 e. The third-order valence-corrected chi connectivity index (χ3v) is 2.63. The molecule has 0 amide bonds. The van der Waals surface area contributed by atoms with E-state index < -0.39 is 0 Å². The Hall–Kier alpha value is 0.177. The molecular formula is C5H14OSi. The zero-order valence-electron chi connectivity index (χ0n) is 5.40. The van der Waals surface area contributed by atoms with E-state index in [2.05, 4.69) is 13.8 Å². The highest BCUT2D eigenvalue weighted by atomic mass is 28.2. The normalized spacial score (nSPS) is 15.9. The van der Waals surface area contributed by atoms with Crippen LogP contribution in [0.2, 0.25) is 5.54 Å². The van der Waals surface area contributed by atoms with Crippen LogP contribution in [0, 0.1) is 0 Å². The zero-order valence-corrected chi connectivity index (χ0v) is 6.81. The molecule has 2 heteroatoms. The fourth-order valence-electron chi connectivity index (χ4n) is 0.402. The van der Waals surface area contributed by atoms with E-state index in [0.29, 0.717) is 0 Å². The summed E-state index contributed by atoms with van der Waals surface area (Å²) < 4.78 is 5.03. The van der Waals surface area contributed by atoms with Crippen LogP contribution in [-0.4, -0.2) is 16.9 Å². The Morgan fingerprint density at radius 2 is 2.29 bits per heavy atom. The van der Waals surface area contributed by atoms with Crippen LogP contribution in [-0.2, 0) is 4.43 Å². The SMILES string of the molecule is CCC(C)[SiH2]OC. The summed E-state index contributed by atoms with van der Waals surface area (Å²) >= 11 is 0. The van der Waals surface area contributed by atoms with Gasteiger partial charge in [-0.1, -0.05) is 20.3 Å². The van der Waals surface area contributed by atoms with E-state index in [1.165, 1.54) is 6.42 Å². The van der Waals surface area contributed by atoms with Gasteiger partial charge in [-0.25, -0.2) is 0 Å². The van der Waals surface area contributed by atoms with Crippen LogP contribution in [0.3, 0.4) is 0 Å². The summed E-state index contributed by atoms with van der Waals surface area (Å²) in [5.74, 6) is 0. The summed E-state index contributed by atoms with van der Waals surface area (Å²) in [6, 6.07) is 0. The first-order valence-corrected chi connectivity index (χ1v) is 4.19. The van der Waals surface area contributed by atoms with Crippen molar-refractivity contribution in [3.63, 3.8) is 0 Å². The molecule has 0 aliphatic carbocycles. The number of hydrogen-bond acceptors (Lipinski definition) is 1. The first kappa shape index (κ1) is 7.18. The van der Waals surface area contributed by atoms with Gasteiger partial charge in [-0.15, -0.1) is 0 Å². The summed E-state index contributed by atoms with van der Waals surface area (Å²) in [6.45, 7) is 4.45. The molecule has 1 unspecified atom stereocenters. The van der Waals surface area contributed by atoms with Crippen LogP contribution >= 0.6 is 0 Å². The third-order valence-electron chi connectivity index (χ3n) is 1.15. The zero-order chi connectivity index (χ0) is 5.70. The largest absolute Gasteiger partial charge is 0.427 e. The molecule has 0 bridgehead atoms. The predicted octanol–water partition coefficient (Wildman–Crippen LogP) is 0.935. The minimum absolute atomic E-state index is 0.154. The molecule has 0 saturated heterocycles. The number of rotatable bonds is 3. The summed E-state index contributed by atoms with van der Waals surface area (Å²) in [6.07, 6.45) is 1.28. The highest BCUT2D eigenvalue weighted by molar-refractivity contribution is 6.29. The van der Waals surface area contributed by atoms with Crippen molar-refractivity contribution in [2.24, 2.45) is 0 Å². The second-order valence-corrected chi connectivity index (χ2v) is 4.27. The fraction of sp³-hybridized carbons (Fsp3) is 1.00. The van der Waals surface area contributed by atoms with Crippen LogP contribution in [0.5, 0.6) is 0 Å². The van der Waals surface area contributed by atoms with Crippen molar-refractivity contribution < 1.29 is 4.43 Å². The molecular weight excluding hydrogens is 104 g/mol. The lowest BCUT2D eigenvalue weighted by Crippen LogP contribution is -1.99. The van der Waals surface area contributed by atoms with Crippen molar-refractivity contribution in [1.29, 1.82) is 0 Å². The summed E-state index contributed by atoms with van der Waals surface area (Å²) in [5.41, 5.74) is 0.866. The molecule has 44 valence electrons. The van der Waals surface area contributed by atoms with Crippen LogP contribution in [0.4, 0.5) is 0 Å².